The monoisotopic (exact) mass is 289 g/mol. The van der Waals surface area contributed by atoms with Gasteiger partial charge in [0.05, 0.1) is 0 Å². The first-order valence-electron chi connectivity index (χ1n) is 6.86. The first-order chi connectivity index (χ1) is 9.56. The number of nitrogens with one attached hydrogen (secondary N) is 2. The Morgan fingerprint density at radius 3 is 3.10 bits per heavy atom. The molecule has 4 nitrogen and oxygen atoms in total. The number of thioether (sulfide) groups is 1. The van der Waals surface area contributed by atoms with Gasteiger partial charge in [-0.2, -0.15) is 11.8 Å². The van der Waals surface area contributed by atoms with Crippen LogP contribution in [0.15, 0.2) is 24.3 Å². The van der Waals surface area contributed by atoms with E-state index in [-0.39, 0.29) is 10.7 Å². The summed E-state index contributed by atoms with van der Waals surface area (Å²) in [5.74, 6) is 1.14. The normalized spacial score (nSPS) is 22.2. The van der Waals surface area contributed by atoms with Gasteiger partial charge in [-0.15, -0.1) is 0 Å². The number of fused-ring (bicyclic) bond motifs is 1. The Hall–Kier alpha value is -1.62. The van der Waals surface area contributed by atoms with Crippen molar-refractivity contribution in [1.82, 2.24) is 10.3 Å². The maximum atomic E-state index is 12.2. The topological polar surface area (TPSA) is 70.9 Å². The Morgan fingerprint density at radius 1 is 1.50 bits per heavy atom. The molecule has 5 heteroatoms. The second kappa shape index (κ2) is 5.05. The highest BCUT2D eigenvalue weighted by Gasteiger charge is 2.29. The maximum Gasteiger partial charge on any atom is 0.267 e. The van der Waals surface area contributed by atoms with Crippen LogP contribution in [0.5, 0.6) is 0 Å². The number of benzene rings is 1. The standard InChI is InChI=1S/C15H19N3OS/c1-15(5-2-6-20-15)9-17-14(19)13-8-10-7-11(16)3-4-12(10)18-13/h3-4,7-8,18H,2,5-6,9,16H2,1H3,(H,17,19). The molecule has 1 unspecified atom stereocenters. The number of aromatic amines is 1. The molecule has 0 bridgehead atoms. The van der Waals surface area contributed by atoms with Crippen LogP contribution >= 0.6 is 11.8 Å². The summed E-state index contributed by atoms with van der Waals surface area (Å²) in [5, 5.41) is 4.00. The molecule has 1 aromatic carbocycles. The van der Waals surface area contributed by atoms with Crippen LogP contribution in [0, 0.1) is 0 Å². The molecule has 1 saturated heterocycles. The number of carbonyl (C=O) groups excluding carboxylic acids is 1. The number of hydrogen-bond donors (Lipinski definition) is 3. The fourth-order valence-corrected chi connectivity index (χ4v) is 3.86. The predicted molar refractivity (Wildman–Crippen MR) is 85.1 cm³/mol. The molecule has 0 saturated carbocycles. The molecule has 1 aliphatic heterocycles. The Bertz CT molecular complexity index is 644. The molecule has 4 N–H and O–H groups in total. The highest BCUT2D eigenvalue weighted by Crippen LogP contribution is 2.37. The van der Waals surface area contributed by atoms with E-state index >= 15 is 0 Å². The predicted octanol–water partition coefficient (Wildman–Crippen LogP) is 2.77. The summed E-state index contributed by atoms with van der Waals surface area (Å²) in [6.45, 7) is 2.94. The van der Waals surface area contributed by atoms with Crippen molar-refractivity contribution < 1.29 is 4.79 Å². The number of anilines is 1. The summed E-state index contributed by atoms with van der Waals surface area (Å²) in [7, 11) is 0. The van der Waals surface area contributed by atoms with Crippen molar-refractivity contribution >= 4 is 34.3 Å². The van der Waals surface area contributed by atoms with Gasteiger partial charge in [0, 0.05) is 27.9 Å². The third-order valence-corrected chi connectivity index (χ3v) is 5.35. The molecule has 1 atom stereocenters. The zero-order chi connectivity index (χ0) is 14.2. The van der Waals surface area contributed by atoms with Crippen molar-refractivity contribution in [3.05, 3.63) is 30.0 Å². The Kier molecular flexibility index (Phi) is 3.38. The van der Waals surface area contributed by atoms with Crippen LogP contribution in [-0.2, 0) is 0 Å². The van der Waals surface area contributed by atoms with Crippen LogP contribution in [0.2, 0.25) is 0 Å². The molecule has 1 fully saturated rings. The molecular weight excluding hydrogens is 270 g/mol. The summed E-state index contributed by atoms with van der Waals surface area (Å²) in [5.41, 5.74) is 7.99. The van der Waals surface area contributed by atoms with E-state index in [2.05, 4.69) is 17.2 Å². The first-order valence-corrected chi connectivity index (χ1v) is 7.85. The van der Waals surface area contributed by atoms with E-state index in [1.54, 1.807) is 0 Å². The van der Waals surface area contributed by atoms with Crippen molar-refractivity contribution in [3.63, 3.8) is 0 Å². The van der Waals surface area contributed by atoms with Crippen LogP contribution in [0.3, 0.4) is 0 Å². The number of carbonyl (C=O) groups is 1. The number of hydrogen-bond acceptors (Lipinski definition) is 3. The highest BCUT2D eigenvalue weighted by molar-refractivity contribution is 8.00. The largest absolute Gasteiger partial charge is 0.399 e. The molecule has 106 valence electrons. The van der Waals surface area contributed by atoms with E-state index in [9.17, 15) is 4.79 Å². The number of rotatable bonds is 3. The Labute approximate surface area is 122 Å². The summed E-state index contributed by atoms with van der Waals surface area (Å²) in [4.78, 5) is 15.4. The zero-order valence-electron chi connectivity index (χ0n) is 11.5. The molecule has 1 amide bonds. The smallest absolute Gasteiger partial charge is 0.267 e. The van der Waals surface area contributed by atoms with Crippen LogP contribution in [-0.4, -0.2) is 27.9 Å². The van der Waals surface area contributed by atoms with Crippen molar-refractivity contribution in [1.29, 1.82) is 0 Å². The van der Waals surface area contributed by atoms with Gasteiger partial charge in [-0.3, -0.25) is 4.79 Å². The van der Waals surface area contributed by atoms with Gasteiger partial charge < -0.3 is 16.0 Å². The molecular formula is C15H19N3OS. The Morgan fingerprint density at radius 2 is 2.35 bits per heavy atom. The van der Waals surface area contributed by atoms with E-state index < -0.39 is 0 Å². The number of nitrogens with two attached hydrogens (primary N) is 1. The molecule has 0 spiro atoms. The minimum atomic E-state index is -0.0477. The summed E-state index contributed by atoms with van der Waals surface area (Å²) < 4.78 is 0.187. The van der Waals surface area contributed by atoms with Gasteiger partial charge >= 0.3 is 0 Å². The summed E-state index contributed by atoms with van der Waals surface area (Å²) >= 11 is 1.95. The van der Waals surface area contributed by atoms with Crippen molar-refractivity contribution in [2.45, 2.75) is 24.5 Å². The van der Waals surface area contributed by atoms with Crippen molar-refractivity contribution in [3.8, 4) is 0 Å². The second-order valence-electron chi connectivity index (χ2n) is 5.61. The lowest BCUT2D eigenvalue weighted by Gasteiger charge is -2.22. The fraction of sp³-hybridized carbons (Fsp3) is 0.400. The molecule has 1 aliphatic rings. The van der Waals surface area contributed by atoms with Gasteiger partial charge in [0.25, 0.3) is 5.91 Å². The van der Waals surface area contributed by atoms with Gasteiger partial charge in [-0.1, -0.05) is 0 Å². The molecule has 2 aromatic rings. The van der Waals surface area contributed by atoms with Crippen molar-refractivity contribution in [2.24, 2.45) is 0 Å². The van der Waals surface area contributed by atoms with Gasteiger partial charge in [0.2, 0.25) is 0 Å². The lowest BCUT2D eigenvalue weighted by Crippen LogP contribution is -2.36. The molecule has 2 heterocycles. The van der Waals surface area contributed by atoms with Crippen LogP contribution in [0.1, 0.15) is 30.3 Å². The summed E-state index contributed by atoms with van der Waals surface area (Å²) in [6.07, 6.45) is 2.41. The van der Waals surface area contributed by atoms with E-state index in [0.29, 0.717) is 17.9 Å². The number of aromatic nitrogens is 1. The average Bonchev–Trinajstić information content (AvgIpc) is 3.02. The van der Waals surface area contributed by atoms with Crippen LogP contribution in [0.25, 0.3) is 10.9 Å². The van der Waals surface area contributed by atoms with Crippen LogP contribution in [0.4, 0.5) is 5.69 Å². The highest BCUT2D eigenvalue weighted by atomic mass is 32.2. The number of amides is 1. The van der Waals surface area contributed by atoms with Gasteiger partial charge in [0.15, 0.2) is 0 Å². The second-order valence-corrected chi connectivity index (χ2v) is 7.30. The lowest BCUT2D eigenvalue weighted by atomic mass is 10.1. The van der Waals surface area contributed by atoms with Gasteiger partial charge in [0.1, 0.15) is 5.69 Å². The molecule has 0 radical (unpaired) electrons. The minimum Gasteiger partial charge on any atom is -0.399 e. The van der Waals surface area contributed by atoms with E-state index in [4.69, 9.17) is 5.73 Å². The maximum absolute atomic E-state index is 12.2. The van der Waals surface area contributed by atoms with Gasteiger partial charge in [-0.05, 0) is 49.8 Å². The zero-order valence-corrected chi connectivity index (χ0v) is 12.3. The van der Waals surface area contributed by atoms with E-state index in [0.717, 1.165) is 10.9 Å². The summed E-state index contributed by atoms with van der Waals surface area (Å²) in [6, 6.07) is 7.45. The average molecular weight is 289 g/mol. The Balaban J connectivity index is 1.72. The van der Waals surface area contributed by atoms with Gasteiger partial charge in [-0.25, -0.2) is 0 Å². The van der Waals surface area contributed by atoms with Crippen LogP contribution < -0.4 is 11.1 Å². The third kappa shape index (κ3) is 2.63. The molecule has 0 aliphatic carbocycles. The fourth-order valence-electron chi connectivity index (χ4n) is 2.61. The molecule has 3 rings (SSSR count). The van der Waals surface area contributed by atoms with Crippen molar-refractivity contribution in [2.75, 3.05) is 18.0 Å². The third-order valence-electron chi connectivity index (χ3n) is 3.81. The molecule has 20 heavy (non-hydrogen) atoms. The SMILES string of the molecule is CC1(CNC(=O)c2cc3cc(N)ccc3[nH]2)CCCS1. The molecule has 1 aromatic heterocycles. The first kappa shape index (κ1) is 13.4. The van der Waals surface area contributed by atoms with E-state index in [1.165, 1.54) is 18.6 Å². The minimum absolute atomic E-state index is 0.0477. The lowest BCUT2D eigenvalue weighted by molar-refractivity contribution is 0.0946. The van der Waals surface area contributed by atoms with E-state index in [1.807, 2.05) is 36.0 Å². The quantitative estimate of drug-likeness (QED) is 0.761. The number of nitrogen functional groups attached to an aromatic ring is 1. The number of H-pyrrole nitrogens is 1.